The van der Waals surface area contributed by atoms with E-state index in [9.17, 15) is 4.79 Å². The summed E-state index contributed by atoms with van der Waals surface area (Å²) in [4.78, 5) is 17.0. The Morgan fingerprint density at radius 1 is 1.04 bits per heavy atom. The zero-order valence-electron chi connectivity index (χ0n) is 14.6. The second-order valence-corrected chi connectivity index (χ2v) is 5.98. The van der Waals surface area contributed by atoms with Gasteiger partial charge in [-0.25, -0.2) is 0 Å². The van der Waals surface area contributed by atoms with E-state index in [1.54, 1.807) is 23.1 Å². The monoisotopic (exact) mass is 358 g/mol. The van der Waals surface area contributed by atoms with Gasteiger partial charge in [-0.3, -0.25) is 14.5 Å². The third kappa shape index (κ3) is 3.95. The predicted molar refractivity (Wildman–Crippen MR) is 104 cm³/mol. The Balaban J connectivity index is 1.45. The van der Waals surface area contributed by atoms with Crippen LogP contribution in [0.5, 0.6) is 5.75 Å². The Labute approximate surface area is 156 Å². The average molecular weight is 358 g/mol. The molecule has 4 aromatic rings. The Morgan fingerprint density at radius 2 is 1.96 bits per heavy atom. The number of pyridine rings is 1. The first-order valence-corrected chi connectivity index (χ1v) is 8.65. The largest absolute Gasteiger partial charge is 0.492 e. The quantitative estimate of drug-likeness (QED) is 0.570. The highest BCUT2D eigenvalue weighted by Crippen LogP contribution is 2.21. The molecule has 0 aliphatic rings. The van der Waals surface area contributed by atoms with Crippen LogP contribution in [0.1, 0.15) is 10.4 Å². The number of fused-ring (bicyclic) bond motifs is 1. The smallest absolute Gasteiger partial charge is 0.256 e. The molecule has 0 saturated carbocycles. The first kappa shape index (κ1) is 16.8. The van der Waals surface area contributed by atoms with Crippen molar-refractivity contribution in [2.75, 3.05) is 11.9 Å². The van der Waals surface area contributed by atoms with Gasteiger partial charge in [-0.15, -0.1) is 0 Å². The van der Waals surface area contributed by atoms with Crippen LogP contribution in [0.2, 0.25) is 0 Å². The number of carbonyl (C=O) groups is 1. The summed E-state index contributed by atoms with van der Waals surface area (Å²) in [5.41, 5.74) is 2.06. The number of rotatable bonds is 6. The third-order valence-electron chi connectivity index (χ3n) is 4.13. The summed E-state index contributed by atoms with van der Waals surface area (Å²) in [5.74, 6) is 0.516. The van der Waals surface area contributed by atoms with Crippen molar-refractivity contribution in [1.29, 1.82) is 0 Å². The standard InChI is InChI=1S/C21H18N4O2/c26-21(19-7-2-9-20-18(19)8-3-10-22-20)24-16-5-1-6-17(15-16)27-14-13-25-12-4-11-23-25/h1-12,15H,13-14H2,(H,24,26). The molecule has 0 atom stereocenters. The van der Waals surface area contributed by atoms with E-state index in [4.69, 9.17) is 4.74 Å². The molecule has 4 rings (SSSR count). The summed E-state index contributed by atoms with van der Waals surface area (Å²) in [7, 11) is 0. The fourth-order valence-corrected chi connectivity index (χ4v) is 2.85. The van der Waals surface area contributed by atoms with E-state index in [0.717, 1.165) is 10.9 Å². The number of ether oxygens (including phenoxy) is 1. The van der Waals surface area contributed by atoms with Gasteiger partial charge in [-0.2, -0.15) is 5.10 Å². The Morgan fingerprint density at radius 3 is 2.85 bits per heavy atom. The Hall–Kier alpha value is -3.67. The van der Waals surface area contributed by atoms with E-state index in [0.29, 0.717) is 30.2 Å². The molecule has 0 radical (unpaired) electrons. The molecule has 0 bridgehead atoms. The van der Waals surface area contributed by atoms with Gasteiger partial charge in [0.2, 0.25) is 0 Å². The summed E-state index contributed by atoms with van der Waals surface area (Å²) in [6.07, 6.45) is 5.34. The van der Waals surface area contributed by atoms with Crippen LogP contribution < -0.4 is 10.1 Å². The SMILES string of the molecule is O=C(Nc1cccc(OCCn2cccn2)c1)c1cccc2ncccc12. The van der Waals surface area contributed by atoms with Gasteiger partial charge in [0.25, 0.3) is 5.91 Å². The number of nitrogens with one attached hydrogen (secondary N) is 1. The molecule has 1 N–H and O–H groups in total. The number of hydrogen-bond donors (Lipinski definition) is 1. The topological polar surface area (TPSA) is 69.0 Å². The lowest BCUT2D eigenvalue weighted by Crippen LogP contribution is -2.13. The molecule has 0 aliphatic carbocycles. The number of aromatic nitrogens is 3. The predicted octanol–water partition coefficient (Wildman–Crippen LogP) is 3.76. The lowest BCUT2D eigenvalue weighted by Gasteiger charge is -2.10. The Kier molecular flexibility index (Phi) is 4.78. The van der Waals surface area contributed by atoms with E-state index >= 15 is 0 Å². The summed E-state index contributed by atoms with van der Waals surface area (Å²) < 4.78 is 7.56. The van der Waals surface area contributed by atoms with Gasteiger partial charge in [0.1, 0.15) is 12.4 Å². The summed E-state index contributed by atoms with van der Waals surface area (Å²) >= 11 is 0. The van der Waals surface area contributed by atoms with Crippen molar-refractivity contribution >= 4 is 22.5 Å². The lowest BCUT2D eigenvalue weighted by molar-refractivity contribution is 0.102. The fourth-order valence-electron chi connectivity index (χ4n) is 2.85. The zero-order valence-corrected chi connectivity index (χ0v) is 14.6. The molecule has 0 aliphatic heterocycles. The van der Waals surface area contributed by atoms with Crippen LogP contribution in [0.3, 0.4) is 0 Å². The van der Waals surface area contributed by atoms with Crippen molar-refractivity contribution in [2.24, 2.45) is 0 Å². The molecular formula is C21H18N4O2. The van der Waals surface area contributed by atoms with Gasteiger partial charge in [0.05, 0.1) is 12.1 Å². The number of hydrogen-bond acceptors (Lipinski definition) is 4. The number of benzene rings is 2. The second-order valence-electron chi connectivity index (χ2n) is 5.98. The maximum absolute atomic E-state index is 12.7. The first-order chi connectivity index (χ1) is 13.3. The van der Waals surface area contributed by atoms with Crippen LogP contribution in [-0.2, 0) is 6.54 Å². The minimum Gasteiger partial charge on any atom is -0.492 e. The van der Waals surface area contributed by atoms with E-state index in [1.807, 2.05) is 60.8 Å². The van der Waals surface area contributed by atoms with Crippen LogP contribution in [0.15, 0.2) is 79.3 Å². The molecule has 0 unspecified atom stereocenters. The summed E-state index contributed by atoms with van der Waals surface area (Å²) in [5, 5.41) is 7.89. The Bertz CT molecular complexity index is 1060. The molecule has 6 nitrogen and oxygen atoms in total. The molecule has 6 heteroatoms. The van der Waals surface area contributed by atoms with Crippen molar-refractivity contribution in [3.8, 4) is 5.75 Å². The molecule has 0 fully saturated rings. The number of nitrogens with zero attached hydrogens (tertiary/aromatic N) is 3. The maximum atomic E-state index is 12.7. The van der Waals surface area contributed by atoms with Crippen LogP contribution in [0.25, 0.3) is 10.9 Å². The molecule has 0 spiro atoms. The zero-order chi connectivity index (χ0) is 18.5. The van der Waals surface area contributed by atoms with Crippen molar-refractivity contribution in [3.63, 3.8) is 0 Å². The van der Waals surface area contributed by atoms with Gasteiger partial charge in [0.15, 0.2) is 0 Å². The van der Waals surface area contributed by atoms with Gasteiger partial charge < -0.3 is 10.1 Å². The molecule has 2 aromatic carbocycles. The van der Waals surface area contributed by atoms with Crippen LogP contribution in [0, 0.1) is 0 Å². The van der Waals surface area contributed by atoms with Crippen molar-refractivity contribution in [1.82, 2.24) is 14.8 Å². The first-order valence-electron chi connectivity index (χ1n) is 8.65. The van der Waals surface area contributed by atoms with E-state index in [2.05, 4.69) is 15.4 Å². The van der Waals surface area contributed by atoms with Gasteiger partial charge >= 0.3 is 0 Å². The number of amides is 1. The molecule has 2 aromatic heterocycles. The highest BCUT2D eigenvalue weighted by molar-refractivity contribution is 6.12. The van der Waals surface area contributed by atoms with Crippen LogP contribution >= 0.6 is 0 Å². The van der Waals surface area contributed by atoms with E-state index in [-0.39, 0.29) is 5.91 Å². The lowest BCUT2D eigenvalue weighted by atomic mass is 10.1. The minimum atomic E-state index is -0.178. The normalized spacial score (nSPS) is 10.7. The van der Waals surface area contributed by atoms with E-state index < -0.39 is 0 Å². The van der Waals surface area contributed by atoms with Crippen molar-refractivity contribution in [2.45, 2.75) is 6.54 Å². The molecule has 2 heterocycles. The van der Waals surface area contributed by atoms with Crippen LogP contribution in [-0.4, -0.2) is 27.3 Å². The minimum absolute atomic E-state index is 0.178. The molecule has 0 saturated heterocycles. The van der Waals surface area contributed by atoms with Crippen LogP contribution in [0.4, 0.5) is 5.69 Å². The summed E-state index contributed by atoms with van der Waals surface area (Å²) in [6.45, 7) is 1.15. The molecule has 134 valence electrons. The van der Waals surface area contributed by atoms with Crippen molar-refractivity contribution < 1.29 is 9.53 Å². The third-order valence-corrected chi connectivity index (χ3v) is 4.13. The number of anilines is 1. The van der Waals surface area contributed by atoms with Gasteiger partial charge in [0, 0.05) is 41.3 Å². The molecule has 27 heavy (non-hydrogen) atoms. The average Bonchev–Trinajstić information content (AvgIpc) is 3.21. The fraction of sp³-hybridized carbons (Fsp3) is 0.0952. The van der Waals surface area contributed by atoms with E-state index in [1.165, 1.54) is 0 Å². The van der Waals surface area contributed by atoms with Gasteiger partial charge in [-0.05, 0) is 36.4 Å². The van der Waals surface area contributed by atoms with Gasteiger partial charge in [-0.1, -0.05) is 18.2 Å². The molecule has 1 amide bonds. The maximum Gasteiger partial charge on any atom is 0.256 e. The summed E-state index contributed by atoms with van der Waals surface area (Å²) in [6, 6.07) is 18.5. The number of carbonyl (C=O) groups excluding carboxylic acids is 1. The highest BCUT2D eigenvalue weighted by atomic mass is 16.5. The molecular weight excluding hydrogens is 340 g/mol. The second kappa shape index (κ2) is 7.70. The highest BCUT2D eigenvalue weighted by Gasteiger charge is 2.11. The van der Waals surface area contributed by atoms with Crippen molar-refractivity contribution in [3.05, 3.63) is 84.8 Å².